The van der Waals surface area contributed by atoms with Gasteiger partial charge in [0.05, 0.1) is 19.4 Å². The van der Waals surface area contributed by atoms with Gasteiger partial charge in [-0.3, -0.25) is 9.69 Å². The van der Waals surface area contributed by atoms with E-state index < -0.39 is 0 Å². The molecule has 1 saturated heterocycles. The molecule has 0 spiro atoms. The first kappa shape index (κ1) is 24.7. The summed E-state index contributed by atoms with van der Waals surface area (Å²) in [4.78, 5) is 22.6. The van der Waals surface area contributed by atoms with E-state index in [1.54, 1.807) is 17.6 Å². The molecule has 0 saturated carbocycles. The molecule has 0 unspecified atom stereocenters. The summed E-state index contributed by atoms with van der Waals surface area (Å²) >= 11 is 1.72. The third kappa shape index (κ3) is 8.27. The quantitative estimate of drug-likeness (QED) is 0.303. The van der Waals surface area contributed by atoms with Crippen LogP contribution in [0.4, 0.5) is 0 Å². The number of hydrogen-bond acceptors (Lipinski definition) is 5. The lowest BCUT2D eigenvalue weighted by Crippen LogP contribution is -2.54. The second-order valence-corrected chi connectivity index (χ2v) is 8.49. The van der Waals surface area contributed by atoms with E-state index in [0.29, 0.717) is 13.1 Å². The number of nitrogens with zero attached hydrogens (tertiary/aromatic N) is 3. The van der Waals surface area contributed by atoms with Crippen molar-refractivity contribution in [2.45, 2.75) is 32.9 Å². The van der Waals surface area contributed by atoms with Gasteiger partial charge in [-0.25, -0.2) is 4.99 Å². The molecule has 30 heavy (non-hydrogen) atoms. The summed E-state index contributed by atoms with van der Waals surface area (Å²) in [7, 11) is 0. The lowest BCUT2D eigenvalue weighted by atomic mass is 10.3. The van der Waals surface area contributed by atoms with Gasteiger partial charge < -0.3 is 20.0 Å². The lowest BCUT2D eigenvalue weighted by molar-refractivity contribution is -0.123. The molecule has 1 fully saturated rings. The zero-order chi connectivity index (χ0) is 20.5. The largest absolute Gasteiger partial charge is 0.469 e. The van der Waals surface area contributed by atoms with Crippen LogP contribution in [0.1, 0.15) is 24.5 Å². The van der Waals surface area contributed by atoms with Crippen molar-refractivity contribution in [3.8, 4) is 0 Å². The van der Waals surface area contributed by atoms with Gasteiger partial charge in [-0.1, -0.05) is 6.07 Å². The van der Waals surface area contributed by atoms with Crippen molar-refractivity contribution < 1.29 is 9.21 Å². The molecule has 0 bridgehead atoms. The minimum atomic E-state index is 0. The number of aliphatic imine (C=N–C) groups is 1. The van der Waals surface area contributed by atoms with Crippen molar-refractivity contribution in [3.63, 3.8) is 0 Å². The number of guanidine groups is 1. The van der Waals surface area contributed by atoms with Crippen LogP contribution in [0.5, 0.6) is 0 Å². The van der Waals surface area contributed by atoms with Gasteiger partial charge in [-0.2, -0.15) is 0 Å². The van der Waals surface area contributed by atoms with Crippen LogP contribution in [0.3, 0.4) is 0 Å². The van der Waals surface area contributed by atoms with Gasteiger partial charge in [0.15, 0.2) is 5.96 Å². The Hall–Kier alpha value is -1.59. The molecule has 1 aliphatic heterocycles. The van der Waals surface area contributed by atoms with Crippen LogP contribution in [0.15, 0.2) is 45.3 Å². The number of halogens is 1. The fourth-order valence-electron chi connectivity index (χ4n) is 3.26. The molecule has 0 aromatic carbocycles. The monoisotopic (exact) mass is 545 g/mol. The van der Waals surface area contributed by atoms with E-state index in [0.717, 1.165) is 50.9 Å². The molecule has 166 valence electrons. The van der Waals surface area contributed by atoms with E-state index in [-0.39, 0.29) is 35.9 Å². The SMILES string of the molecule is CC(C)NC(=O)CN1CCN(C(=NCc2cccs2)NCCc2ccco2)CC1.I. The second kappa shape index (κ2) is 13.0. The summed E-state index contributed by atoms with van der Waals surface area (Å²) in [5.41, 5.74) is 0. The predicted molar refractivity (Wildman–Crippen MR) is 133 cm³/mol. The van der Waals surface area contributed by atoms with Crippen molar-refractivity contribution in [2.75, 3.05) is 39.3 Å². The molecule has 1 aliphatic rings. The maximum absolute atomic E-state index is 12.0. The summed E-state index contributed by atoms with van der Waals surface area (Å²) in [6.45, 7) is 9.29. The molecule has 1 amide bonds. The fourth-order valence-corrected chi connectivity index (χ4v) is 3.89. The Morgan fingerprint density at radius 3 is 2.67 bits per heavy atom. The Bertz CT molecular complexity index is 756. The van der Waals surface area contributed by atoms with E-state index in [1.165, 1.54) is 4.88 Å². The highest BCUT2D eigenvalue weighted by atomic mass is 127. The Labute approximate surface area is 199 Å². The number of thiophene rings is 1. The van der Waals surface area contributed by atoms with Crippen molar-refractivity contribution in [1.82, 2.24) is 20.4 Å². The first-order chi connectivity index (χ1) is 14.1. The highest BCUT2D eigenvalue weighted by Gasteiger charge is 2.21. The van der Waals surface area contributed by atoms with Crippen molar-refractivity contribution >= 4 is 47.2 Å². The van der Waals surface area contributed by atoms with Gasteiger partial charge in [0.1, 0.15) is 5.76 Å². The second-order valence-electron chi connectivity index (χ2n) is 7.46. The zero-order valence-corrected chi connectivity index (χ0v) is 20.8. The van der Waals surface area contributed by atoms with Crippen LogP contribution in [-0.2, 0) is 17.8 Å². The molecule has 7 nitrogen and oxygen atoms in total. The summed E-state index contributed by atoms with van der Waals surface area (Å²) in [6, 6.07) is 8.25. The van der Waals surface area contributed by atoms with E-state index in [4.69, 9.17) is 9.41 Å². The predicted octanol–water partition coefficient (Wildman–Crippen LogP) is 2.79. The summed E-state index contributed by atoms with van der Waals surface area (Å²) in [5.74, 6) is 1.99. The Morgan fingerprint density at radius 2 is 2.03 bits per heavy atom. The molecule has 3 heterocycles. The van der Waals surface area contributed by atoms with Gasteiger partial charge in [0, 0.05) is 50.1 Å². The number of piperazine rings is 1. The Morgan fingerprint density at radius 1 is 1.23 bits per heavy atom. The third-order valence-electron chi connectivity index (χ3n) is 4.69. The number of carbonyl (C=O) groups excluding carboxylic acids is 1. The molecule has 2 aromatic heterocycles. The number of hydrogen-bond donors (Lipinski definition) is 2. The van der Waals surface area contributed by atoms with E-state index in [9.17, 15) is 4.79 Å². The van der Waals surface area contributed by atoms with Crippen LogP contribution >= 0.6 is 35.3 Å². The molecule has 0 aliphatic carbocycles. The highest BCUT2D eigenvalue weighted by Crippen LogP contribution is 2.11. The molecule has 0 radical (unpaired) electrons. The third-order valence-corrected chi connectivity index (χ3v) is 5.55. The Kier molecular flexibility index (Phi) is 10.7. The number of nitrogens with one attached hydrogen (secondary N) is 2. The maximum atomic E-state index is 12.0. The molecule has 2 N–H and O–H groups in total. The van der Waals surface area contributed by atoms with E-state index >= 15 is 0 Å². The van der Waals surface area contributed by atoms with Crippen LogP contribution in [-0.4, -0.2) is 67.0 Å². The van der Waals surface area contributed by atoms with Crippen LogP contribution in [0.2, 0.25) is 0 Å². The zero-order valence-electron chi connectivity index (χ0n) is 17.7. The summed E-state index contributed by atoms with van der Waals surface area (Å²) in [5, 5.41) is 8.54. The minimum Gasteiger partial charge on any atom is -0.469 e. The first-order valence-corrected chi connectivity index (χ1v) is 11.1. The average Bonchev–Trinajstić information content (AvgIpc) is 3.38. The molecular formula is C21H32IN5O2S. The van der Waals surface area contributed by atoms with Gasteiger partial charge in [0.25, 0.3) is 0 Å². The van der Waals surface area contributed by atoms with Crippen molar-refractivity contribution in [1.29, 1.82) is 0 Å². The van der Waals surface area contributed by atoms with Crippen molar-refractivity contribution in [3.05, 3.63) is 46.5 Å². The van der Waals surface area contributed by atoms with E-state index in [2.05, 4.69) is 37.9 Å². The number of furan rings is 1. The normalized spacial score (nSPS) is 15.2. The van der Waals surface area contributed by atoms with E-state index in [1.807, 2.05) is 26.0 Å². The van der Waals surface area contributed by atoms with Crippen molar-refractivity contribution in [2.24, 2.45) is 4.99 Å². The summed E-state index contributed by atoms with van der Waals surface area (Å²) < 4.78 is 5.42. The number of rotatable bonds is 8. The average molecular weight is 545 g/mol. The fraction of sp³-hybridized carbons (Fsp3) is 0.524. The first-order valence-electron chi connectivity index (χ1n) is 10.2. The number of carbonyl (C=O) groups is 1. The molecule has 0 atom stereocenters. The standard InChI is InChI=1S/C21H31N5O2S.HI/c1-17(2)24-20(27)16-25-9-11-26(12-10-25)21(23-15-19-6-4-14-29-19)22-8-7-18-5-3-13-28-18;/h3-6,13-14,17H,7-12,15-16H2,1-2H3,(H,22,23)(H,24,27);1H. The molecular weight excluding hydrogens is 513 g/mol. The smallest absolute Gasteiger partial charge is 0.234 e. The maximum Gasteiger partial charge on any atom is 0.234 e. The molecule has 3 rings (SSSR count). The van der Waals surface area contributed by atoms with Gasteiger partial charge >= 0.3 is 0 Å². The molecule has 2 aromatic rings. The van der Waals surface area contributed by atoms with Gasteiger partial charge in [-0.05, 0) is 37.4 Å². The highest BCUT2D eigenvalue weighted by molar-refractivity contribution is 14.0. The molecule has 9 heteroatoms. The minimum absolute atomic E-state index is 0. The lowest BCUT2D eigenvalue weighted by Gasteiger charge is -2.36. The Balaban J connectivity index is 0.00000320. The van der Waals surface area contributed by atoms with Gasteiger partial charge in [-0.15, -0.1) is 35.3 Å². The summed E-state index contributed by atoms with van der Waals surface area (Å²) in [6.07, 6.45) is 2.52. The number of amides is 1. The van der Waals surface area contributed by atoms with Gasteiger partial charge in [0.2, 0.25) is 5.91 Å². The van der Waals surface area contributed by atoms with Crippen LogP contribution in [0.25, 0.3) is 0 Å². The topological polar surface area (TPSA) is 73.1 Å². The van der Waals surface area contributed by atoms with Crippen LogP contribution < -0.4 is 10.6 Å². The van der Waals surface area contributed by atoms with Crippen LogP contribution in [0, 0.1) is 0 Å².